The van der Waals surface area contributed by atoms with Gasteiger partial charge in [0, 0.05) is 17.1 Å². The highest BCUT2D eigenvalue weighted by molar-refractivity contribution is 5.98. The lowest BCUT2D eigenvalue weighted by atomic mass is 9.77. The van der Waals surface area contributed by atoms with Crippen LogP contribution < -0.4 is 5.32 Å². The average Bonchev–Trinajstić information content (AvgIpc) is 2.87. The number of benzene rings is 1. The van der Waals surface area contributed by atoms with Crippen molar-refractivity contribution in [3.63, 3.8) is 0 Å². The van der Waals surface area contributed by atoms with E-state index in [1.807, 2.05) is 31.3 Å². The van der Waals surface area contributed by atoms with Crippen molar-refractivity contribution < 1.29 is 9.90 Å². The van der Waals surface area contributed by atoms with Crippen molar-refractivity contribution in [1.82, 2.24) is 10.3 Å². The van der Waals surface area contributed by atoms with E-state index >= 15 is 0 Å². The molecule has 0 fully saturated rings. The van der Waals surface area contributed by atoms with Crippen LogP contribution in [0, 0.1) is 0 Å². The summed E-state index contributed by atoms with van der Waals surface area (Å²) < 4.78 is 0. The Bertz CT molecular complexity index is 689. The average molecular weight is 270 g/mol. The van der Waals surface area contributed by atoms with E-state index in [1.165, 1.54) is 0 Å². The Kier molecular flexibility index (Phi) is 2.91. The molecule has 4 nitrogen and oxygen atoms in total. The van der Waals surface area contributed by atoms with Gasteiger partial charge in [-0.2, -0.15) is 0 Å². The highest BCUT2D eigenvalue weighted by Gasteiger charge is 2.37. The molecule has 1 amide bonds. The molecule has 0 radical (unpaired) electrons. The molecule has 3 rings (SSSR count). The van der Waals surface area contributed by atoms with Crippen LogP contribution in [0.4, 0.5) is 0 Å². The predicted octanol–water partition coefficient (Wildman–Crippen LogP) is 1.64. The van der Waals surface area contributed by atoms with Crippen LogP contribution in [0.2, 0.25) is 0 Å². The smallest absolute Gasteiger partial charge is 0.234 e. The van der Waals surface area contributed by atoms with E-state index < -0.39 is 5.41 Å². The lowest BCUT2D eigenvalue weighted by Crippen LogP contribution is -2.49. The number of nitrogens with one attached hydrogen (secondary N) is 2. The summed E-state index contributed by atoms with van der Waals surface area (Å²) in [6.07, 6.45) is 4.25. The van der Waals surface area contributed by atoms with Gasteiger partial charge in [0.05, 0.1) is 18.1 Å². The van der Waals surface area contributed by atoms with E-state index in [1.54, 1.807) is 6.08 Å². The first-order chi connectivity index (χ1) is 9.60. The van der Waals surface area contributed by atoms with Crippen molar-refractivity contribution >= 4 is 16.8 Å². The van der Waals surface area contributed by atoms with E-state index in [0.29, 0.717) is 6.42 Å². The monoisotopic (exact) mass is 270 g/mol. The lowest BCUT2D eigenvalue weighted by molar-refractivity contribution is -0.125. The summed E-state index contributed by atoms with van der Waals surface area (Å²) in [7, 11) is 0. The zero-order valence-corrected chi connectivity index (χ0v) is 11.4. The van der Waals surface area contributed by atoms with Gasteiger partial charge >= 0.3 is 0 Å². The Morgan fingerprint density at radius 2 is 2.35 bits per heavy atom. The molecular weight excluding hydrogens is 252 g/mol. The second kappa shape index (κ2) is 4.49. The minimum absolute atomic E-state index is 0.0756. The minimum Gasteiger partial charge on any atom is -0.394 e. The largest absolute Gasteiger partial charge is 0.394 e. The second-order valence-electron chi connectivity index (χ2n) is 5.51. The summed E-state index contributed by atoms with van der Waals surface area (Å²) in [6.45, 7) is 5.63. The van der Waals surface area contributed by atoms with Gasteiger partial charge in [-0.1, -0.05) is 18.2 Å². The fourth-order valence-electron chi connectivity index (χ4n) is 2.94. The fraction of sp³-hybridized carbons (Fsp3) is 0.312. The quantitative estimate of drug-likeness (QED) is 0.726. The van der Waals surface area contributed by atoms with E-state index in [2.05, 4.69) is 16.9 Å². The molecule has 0 unspecified atom stereocenters. The Hall–Kier alpha value is -2.07. The van der Waals surface area contributed by atoms with Gasteiger partial charge in [0.2, 0.25) is 5.91 Å². The van der Waals surface area contributed by atoms with Crippen LogP contribution in [0.3, 0.4) is 0 Å². The van der Waals surface area contributed by atoms with E-state index in [-0.39, 0.29) is 18.6 Å². The van der Waals surface area contributed by atoms with Crippen molar-refractivity contribution in [2.45, 2.75) is 24.8 Å². The van der Waals surface area contributed by atoms with Crippen molar-refractivity contribution in [2.75, 3.05) is 6.61 Å². The molecule has 1 aliphatic heterocycles. The van der Waals surface area contributed by atoms with Gasteiger partial charge in [-0.3, -0.25) is 4.79 Å². The maximum atomic E-state index is 12.6. The van der Waals surface area contributed by atoms with Crippen LogP contribution in [0.15, 0.2) is 37.1 Å². The molecule has 1 aromatic carbocycles. The summed E-state index contributed by atoms with van der Waals surface area (Å²) in [5.74, 6) is -0.120. The Morgan fingerprint density at radius 3 is 3.05 bits per heavy atom. The maximum absolute atomic E-state index is 12.6. The predicted molar refractivity (Wildman–Crippen MR) is 78.6 cm³/mol. The van der Waals surface area contributed by atoms with Crippen LogP contribution in [-0.2, 0) is 16.6 Å². The normalized spacial score (nSPS) is 25.9. The van der Waals surface area contributed by atoms with Gasteiger partial charge in [-0.15, -0.1) is 6.58 Å². The third kappa shape index (κ3) is 1.68. The summed E-state index contributed by atoms with van der Waals surface area (Å²) in [5, 5.41) is 13.4. The van der Waals surface area contributed by atoms with Crippen LogP contribution in [0.5, 0.6) is 0 Å². The molecule has 0 bridgehead atoms. The summed E-state index contributed by atoms with van der Waals surface area (Å²) in [5.41, 5.74) is 2.28. The Labute approximate surface area is 117 Å². The van der Waals surface area contributed by atoms with Gasteiger partial charge in [-0.25, -0.2) is 0 Å². The molecule has 0 saturated heterocycles. The molecule has 2 atom stereocenters. The molecule has 0 aliphatic carbocycles. The van der Waals surface area contributed by atoms with Gasteiger partial charge in [0.15, 0.2) is 0 Å². The van der Waals surface area contributed by atoms with Gasteiger partial charge < -0.3 is 15.4 Å². The van der Waals surface area contributed by atoms with Crippen LogP contribution >= 0.6 is 0 Å². The van der Waals surface area contributed by atoms with Crippen molar-refractivity contribution in [1.29, 1.82) is 0 Å². The zero-order valence-electron chi connectivity index (χ0n) is 11.4. The number of carbonyl (C=O) groups is 1. The minimum atomic E-state index is -0.801. The number of hydrogen-bond donors (Lipinski definition) is 3. The number of aromatic nitrogens is 1. The highest BCUT2D eigenvalue weighted by atomic mass is 16.3. The first kappa shape index (κ1) is 12.9. The highest BCUT2D eigenvalue weighted by Crippen LogP contribution is 2.35. The maximum Gasteiger partial charge on any atom is 0.234 e. The summed E-state index contributed by atoms with van der Waals surface area (Å²) >= 11 is 0. The topological polar surface area (TPSA) is 65.1 Å². The summed E-state index contributed by atoms with van der Waals surface area (Å²) in [4.78, 5) is 15.8. The van der Waals surface area contributed by atoms with E-state index in [0.717, 1.165) is 22.0 Å². The number of H-pyrrole nitrogens is 1. The summed E-state index contributed by atoms with van der Waals surface area (Å²) in [6, 6.07) is 5.64. The molecular formula is C16H18N2O2. The first-order valence-corrected chi connectivity index (χ1v) is 6.75. The molecule has 104 valence electrons. The number of amides is 1. The molecule has 3 N–H and O–H groups in total. The number of aliphatic hydroxyl groups is 1. The zero-order chi connectivity index (χ0) is 14.3. The Morgan fingerprint density at radius 1 is 1.55 bits per heavy atom. The standard InChI is InChI=1S/C16H18N2O2/c1-3-16(2)12-5-4-6-13-14(12)10(8-17-13)7-11(9-19)18-15(16)20/h3-6,8,11,17,19H,1,7,9H2,2H3,(H,18,20)/t11-,16-/m0/s1. The molecule has 20 heavy (non-hydrogen) atoms. The number of aliphatic hydroxyl groups excluding tert-OH is 1. The molecule has 2 heterocycles. The Balaban J connectivity index is 2.34. The van der Waals surface area contributed by atoms with Crippen molar-refractivity contribution in [3.05, 3.63) is 48.2 Å². The third-order valence-corrected chi connectivity index (χ3v) is 4.25. The van der Waals surface area contributed by atoms with Crippen LogP contribution in [0.1, 0.15) is 18.1 Å². The van der Waals surface area contributed by atoms with Gasteiger partial charge in [0.25, 0.3) is 0 Å². The SMILES string of the molecule is C=C[C@]1(C)C(=O)N[C@H](CO)Cc2c[nH]c3cccc1c23. The fourth-order valence-corrected chi connectivity index (χ4v) is 2.94. The van der Waals surface area contributed by atoms with Crippen LogP contribution in [0.25, 0.3) is 10.9 Å². The third-order valence-electron chi connectivity index (χ3n) is 4.25. The van der Waals surface area contributed by atoms with Crippen LogP contribution in [-0.4, -0.2) is 28.6 Å². The van der Waals surface area contributed by atoms with Crippen molar-refractivity contribution in [2.24, 2.45) is 0 Å². The molecule has 4 heteroatoms. The lowest BCUT2D eigenvalue weighted by Gasteiger charge is -2.31. The van der Waals surface area contributed by atoms with E-state index in [9.17, 15) is 9.90 Å². The second-order valence-corrected chi connectivity index (χ2v) is 5.51. The molecule has 1 aromatic heterocycles. The number of rotatable bonds is 2. The molecule has 0 spiro atoms. The molecule has 0 saturated carbocycles. The van der Waals surface area contributed by atoms with Gasteiger partial charge in [-0.05, 0) is 30.5 Å². The molecule has 1 aliphatic rings. The number of carbonyl (C=O) groups excluding carboxylic acids is 1. The number of hydrogen-bond acceptors (Lipinski definition) is 2. The van der Waals surface area contributed by atoms with E-state index in [4.69, 9.17) is 0 Å². The number of aromatic amines is 1. The molecule has 2 aromatic rings. The first-order valence-electron chi connectivity index (χ1n) is 6.75. The van der Waals surface area contributed by atoms with Crippen molar-refractivity contribution in [3.8, 4) is 0 Å². The van der Waals surface area contributed by atoms with Gasteiger partial charge in [0.1, 0.15) is 0 Å².